The van der Waals surface area contributed by atoms with Crippen LogP contribution in [0.4, 0.5) is 9.59 Å². The molecule has 2 aromatic heterocycles. The lowest BCUT2D eigenvalue weighted by Gasteiger charge is -2.38. The van der Waals surface area contributed by atoms with Crippen LogP contribution in [-0.2, 0) is 39.3 Å². The maximum atomic E-state index is 14.7. The first-order valence-electron chi connectivity index (χ1n) is 21.6. The zero-order valence-corrected chi connectivity index (χ0v) is 38.4. The SMILES string of the molecule is COC(=O)NCC(C)(C)CC(=O)NN(Cc1ccc(-c2ccccn2)cc1)CC(O)C(Cc1ccccc1)NC(=O)C(N1CCN(Cc2cccc(C(C)(C)C)n2)C1=O)C(C)(C)C. The summed E-state index contributed by atoms with van der Waals surface area (Å²) in [6.07, 6.45) is 0.311. The number of pyridine rings is 2. The maximum Gasteiger partial charge on any atom is 0.406 e. The molecule has 0 spiro atoms. The molecule has 4 N–H and O–H groups in total. The molecular formula is C49H66N8O6. The summed E-state index contributed by atoms with van der Waals surface area (Å²) in [5, 5.41) is 19.7. The third-order valence-corrected chi connectivity index (χ3v) is 11.0. The Morgan fingerprint density at radius 2 is 1.56 bits per heavy atom. The molecule has 1 aliphatic rings. The van der Waals surface area contributed by atoms with Crippen molar-refractivity contribution in [3.05, 3.63) is 120 Å². The van der Waals surface area contributed by atoms with E-state index in [9.17, 15) is 24.3 Å². The Hall–Kier alpha value is -5.86. The van der Waals surface area contributed by atoms with Crippen LogP contribution in [0.1, 0.15) is 84.3 Å². The fourth-order valence-corrected chi connectivity index (χ4v) is 7.72. The van der Waals surface area contributed by atoms with Crippen molar-refractivity contribution in [2.24, 2.45) is 10.8 Å². The molecule has 1 saturated heterocycles. The van der Waals surface area contributed by atoms with Crippen molar-refractivity contribution >= 4 is 23.9 Å². The predicted octanol–water partition coefficient (Wildman–Crippen LogP) is 6.49. The molecule has 1 aliphatic heterocycles. The van der Waals surface area contributed by atoms with Gasteiger partial charge in [-0.2, -0.15) is 0 Å². The summed E-state index contributed by atoms with van der Waals surface area (Å²) in [6, 6.07) is 27.1. The number of hydrazine groups is 1. The third kappa shape index (κ3) is 14.1. The molecule has 63 heavy (non-hydrogen) atoms. The molecular weight excluding hydrogens is 797 g/mol. The van der Waals surface area contributed by atoms with Crippen LogP contribution in [0.15, 0.2) is 97.2 Å². The fraction of sp³-hybridized carbons (Fsp3) is 0.469. The van der Waals surface area contributed by atoms with Gasteiger partial charge in [-0.3, -0.25) is 25.0 Å². The molecule has 338 valence electrons. The molecule has 3 heterocycles. The minimum atomic E-state index is -1.18. The number of amides is 5. The number of hydrogen-bond acceptors (Lipinski definition) is 9. The van der Waals surface area contributed by atoms with Crippen LogP contribution in [0.2, 0.25) is 0 Å². The number of rotatable bonds is 18. The summed E-state index contributed by atoms with van der Waals surface area (Å²) >= 11 is 0. The van der Waals surface area contributed by atoms with E-state index in [1.807, 2.05) is 126 Å². The quantitative estimate of drug-likeness (QED) is 0.0818. The highest BCUT2D eigenvalue weighted by atomic mass is 16.5. The first-order valence-corrected chi connectivity index (χ1v) is 21.6. The second kappa shape index (κ2) is 21.0. The minimum absolute atomic E-state index is 0.0520. The number of nitrogens with zero attached hydrogens (tertiary/aromatic N) is 5. The number of hydrogen-bond donors (Lipinski definition) is 4. The van der Waals surface area contributed by atoms with Gasteiger partial charge in [0, 0.05) is 62.0 Å². The Morgan fingerprint density at radius 1 is 0.857 bits per heavy atom. The van der Waals surface area contributed by atoms with Gasteiger partial charge in [0.1, 0.15) is 6.04 Å². The van der Waals surface area contributed by atoms with Gasteiger partial charge in [-0.15, -0.1) is 0 Å². The lowest BCUT2D eigenvalue weighted by molar-refractivity contribution is -0.132. The molecule has 5 amide bonds. The van der Waals surface area contributed by atoms with Gasteiger partial charge in [0.15, 0.2) is 0 Å². The van der Waals surface area contributed by atoms with Crippen molar-refractivity contribution in [3.63, 3.8) is 0 Å². The van der Waals surface area contributed by atoms with Gasteiger partial charge in [0.25, 0.3) is 0 Å². The number of carbonyl (C=O) groups is 4. The molecule has 14 heteroatoms. The number of benzene rings is 2. The number of aliphatic hydroxyl groups excluding tert-OH is 1. The number of urea groups is 1. The lowest BCUT2D eigenvalue weighted by Crippen LogP contribution is -2.59. The van der Waals surface area contributed by atoms with E-state index in [2.05, 4.69) is 41.8 Å². The van der Waals surface area contributed by atoms with E-state index >= 15 is 0 Å². The van der Waals surface area contributed by atoms with Gasteiger partial charge in [-0.1, -0.05) is 122 Å². The van der Waals surface area contributed by atoms with Gasteiger partial charge in [-0.25, -0.2) is 14.6 Å². The number of ether oxygens (including phenoxy) is 1. The van der Waals surface area contributed by atoms with E-state index < -0.39 is 35.1 Å². The van der Waals surface area contributed by atoms with Gasteiger partial charge >= 0.3 is 12.1 Å². The van der Waals surface area contributed by atoms with Crippen molar-refractivity contribution in [2.45, 2.75) is 105 Å². The second-order valence-corrected chi connectivity index (χ2v) is 19.3. The highest BCUT2D eigenvalue weighted by Crippen LogP contribution is 2.30. The molecule has 2 aromatic carbocycles. The monoisotopic (exact) mass is 863 g/mol. The Kier molecular flexibility index (Phi) is 16.1. The summed E-state index contributed by atoms with van der Waals surface area (Å²) in [7, 11) is 1.28. The van der Waals surface area contributed by atoms with Crippen LogP contribution < -0.4 is 16.1 Å². The molecule has 3 unspecified atom stereocenters. The minimum Gasteiger partial charge on any atom is -0.453 e. The van der Waals surface area contributed by atoms with E-state index in [1.54, 1.807) is 21.0 Å². The van der Waals surface area contributed by atoms with E-state index in [-0.39, 0.29) is 55.7 Å². The standard InChI is InChI=1S/C49H66N8O6/c1-47(2,3)41-20-15-18-37(52-41)31-55-26-27-57(46(55)62)43(48(4,5)6)44(60)53-39(28-34-16-11-10-12-17-34)40(58)32-56(54-42(59)29-49(7,8)33-51-45(61)63-9)30-35-21-23-36(24-22-35)38-19-13-14-25-50-38/h10-25,39-40,43,58H,26-33H2,1-9H3,(H,51,61)(H,53,60)(H,54,59). The first-order chi connectivity index (χ1) is 29.7. The van der Waals surface area contributed by atoms with Gasteiger partial charge in [-0.05, 0) is 52.6 Å². The first kappa shape index (κ1) is 48.2. The van der Waals surface area contributed by atoms with Crippen molar-refractivity contribution in [3.8, 4) is 11.3 Å². The molecule has 14 nitrogen and oxygen atoms in total. The molecule has 5 rings (SSSR count). The Morgan fingerprint density at radius 3 is 2.19 bits per heavy atom. The fourth-order valence-electron chi connectivity index (χ4n) is 7.72. The molecule has 0 radical (unpaired) electrons. The van der Waals surface area contributed by atoms with Gasteiger partial charge < -0.3 is 30.3 Å². The van der Waals surface area contributed by atoms with E-state index in [0.29, 0.717) is 19.6 Å². The summed E-state index contributed by atoms with van der Waals surface area (Å²) in [5.74, 6) is -0.705. The Labute approximate surface area is 372 Å². The molecule has 3 atom stereocenters. The zero-order chi connectivity index (χ0) is 46.0. The number of methoxy groups -OCH3 is 1. The van der Waals surface area contributed by atoms with Crippen molar-refractivity contribution < 1.29 is 29.0 Å². The van der Waals surface area contributed by atoms with Crippen LogP contribution in [0.3, 0.4) is 0 Å². The topological polar surface area (TPSA) is 169 Å². The number of alkyl carbamates (subject to hydrolysis) is 1. The second-order valence-electron chi connectivity index (χ2n) is 19.3. The average molecular weight is 863 g/mol. The highest BCUT2D eigenvalue weighted by molar-refractivity contribution is 5.89. The summed E-state index contributed by atoms with van der Waals surface area (Å²) in [6.45, 7) is 17.3. The number of carbonyl (C=O) groups excluding carboxylic acids is 4. The molecule has 0 aliphatic carbocycles. The van der Waals surface area contributed by atoms with Crippen molar-refractivity contribution in [1.82, 2.24) is 40.8 Å². The number of aromatic nitrogens is 2. The Bertz CT molecular complexity index is 2140. The van der Waals surface area contributed by atoms with Crippen LogP contribution in [-0.4, -0.2) is 105 Å². The van der Waals surface area contributed by atoms with Crippen LogP contribution in [0.25, 0.3) is 11.3 Å². The van der Waals surface area contributed by atoms with Gasteiger partial charge in [0.2, 0.25) is 11.8 Å². The third-order valence-electron chi connectivity index (χ3n) is 11.0. The lowest BCUT2D eigenvalue weighted by atomic mass is 9.84. The van der Waals surface area contributed by atoms with Crippen molar-refractivity contribution in [1.29, 1.82) is 0 Å². The molecule has 0 saturated carbocycles. The zero-order valence-electron chi connectivity index (χ0n) is 38.4. The van der Waals surface area contributed by atoms with Gasteiger partial charge in [0.05, 0.1) is 37.2 Å². The van der Waals surface area contributed by atoms with Crippen LogP contribution >= 0.6 is 0 Å². The Balaban J connectivity index is 1.38. The molecule has 0 bridgehead atoms. The smallest absolute Gasteiger partial charge is 0.406 e. The maximum absolute atomic E-state index is 14.7. The normalized spacial score (nSPS) is 14.9. The highest BCUT2D eigenvalue weighted by Gasteiger charge is 2.44. The largest absolute Gasteiger partial charge is 0.453 e. The number of nitrogens with one attached hydrogen (secondary N) is 3. The van der Waals surface area contributed by atoms with Crippen LogP contribution in [0.5, 0.6) is 0 Å². The molecule has 4 aromatic rings. The summed E-state index contributed by atoms with van der Waals surface area (Å²) in [4.78, 5) is 67.0. The van der Waals surface area contributed by atoms with E-state index in [0.717, 1.165) is 33.8 Å². The van der Waals surface area contributed by atoms with Crippen molar-refractivity contribution in [2.75, 3.05) is 33.3 Å². The average Bonchev–Trinajstić information content (AvgIpc) is 3.57. The van der Waals surface area contributed by atoms with E-state index in [4.69, 9.17) is 9.72 Å². The van der Waals surface area contributed by atoms with E-state index in [1.165, 1.54) is 7.11 Å². The predicted molar refractivity (Wildman–Crippen MR) is 244 cm³/mol. The van der Waals surface area contributed by atoms with Crippen LogP contribution in [0, 0.1) is 10.8 Å². The molecule has 1 fully saturated rings. The summed E-state index contributed by atoms with van der Waals surface area (Å²) < 4.78 is 4.72. The summed E-state index contributed by atoms with van der Waals surface area (Å²) in [5.41, 5.74) is 6.79. The number of aliphatic hydroxyl groups is 1.